The first-order valence-corrected chi connectivity index (χ1v) is 4.67. The Kier molecular flexibility index (Phi) is 2.49. The minimum absolute atomic E-state index is 0.494. The number of alkyl halides is 3. The summed E-state index contributed by atoms with van der Waals surface area (Å²) in [6.07, 6.45) is 2.39. The molecule has 1 aromatic rings. The normalized spacial score (nSPS) is 21.1. The summed E-state index contributed by atoms with van der Waals surface area (Å²) in [6, 6.07) is -0.503. The van der Waals surface area contributed by atoms with Crippen molar-refractivity contribution in [3.05, 3.63) is 42.1 Å². The molecule has 0 amide bonds. The van der Waals surface area contributed by atoms with Crippen LogP contribution in [-0.2, 0) is 0 Å². The maximum atomic E-state index is 12.5. The van der Waals surface area contributed by atoms with Gasteiger partial charge in [0.15, 0.2) is 0 Å². The third-order valence-electron chi connectivity index (χ3n) is 2.39. The molecule has 86 valence electrons. The summed E-state index contributed by atoms with van der Waals surface area (Å²) in [7, 11) is 1.70. The smallest absolute Gasteiger partial charge is 0.367 e. The number of nitrogens with one attached hydrogen (secondary N) is 1. The highest BCUT2D eigenvalue weighted by molar-refractivity contribution is 5.30. The Labute approximate surface area is 90.3 Å². The Hall–Kier alpha value is -1.72. The van der Waals surface area contributed by atoms with E-state index < -0.39 is 17.8 Å². The molecular formula is C10H10F3N3. The minimum atomic E-state index is -4.32. The average molecular weight is 229 g/mol. The van der Waals surface area contributed by atoms with Crippen LogP contribution in [0.15, 0.2) is 36.3 Å². The molecule has 1 aromatic heterocycles. The zero-order valence-electron chi connectivity index (χ0n) is 8.49. The van der Waals surface area contributed by atoms with E-state index in [4.69, 9.17) is 0 Å². The second-order valence-electron chi connectivity index (χ2n) is 3.52. The highest BCUT2D eigenvalue weighted by Crippen LogP contribution is 2.33. The summed E-state index contributed by atoms with van der Waals surface area (Å²) < 4.78 is 37.5. The van der Waals surface area contributed by atoms with Crippen LogP contribution >= 0.6 is 0 Å². The third-order valence-corrected chi connectivity index (χ3v) is 2.39. The van der Waals surface area contributed by atoms with Crippen LogP contribution in [0.3, 0.4) is 0 Å². The van der Waals surface area contributed by atoms with Gasteiger partial charge >= 0.3 is 6.18 Å². The number of imidazole rings is 1. The van der Waals surface area contributed by atoms with Crippen molar-refractivity contribution in [1.29, 1.82) is 0 Å². The van der Waals surface area contributed by atoms with Gasteiger partial charge in [0.2, 0.25) is 0 Å². The number of hydrogen-bond acceptors (Lipinski definition) is 2. The molecule has 2 heterocycles. The molecular weight excluding hydrogens is 219 g/mol. The Balaban J connectivity index is 2.33. The molecule has 0 radical (unpaired) electrons. The first-order valence-electron chi connectivity index (χ1n) is 4.67. The molecule has 1 aliphatic rings. The van der Waals surface area contributed by atoms with Crippen LogP contribution in [0.2, 0.25) is 0 Å². The number of likely N-dealkylation sites (N-methyl/N-ethyl adjacent to an activating group) is 1. The van der Waals surface area contributed by atoms with Gasteiger partial charge in [-0.15, -0.1) is 0 Å². The van der Waals surface area contributed by atoms with E-state index in [9.17, 15) is 13.2 Å². The molecule has 1 aliphatic heterocycles. The number of hydrogen-bond donors (Lipinski definition) is 1. The predicted octanol–water partition coefficient (Wildman–Crippen LogP) is 2.40. The van der Waals surface area contributed by atoms with E-state index in [1.165, 1.54) is 12.4 Å². The highest BCUT2D eigenvalue weighted by Gasteiger charge is 2.35. The maximum Gasteiger partial charge on any atom is 0.416 e. The van der Waals surface area contributed by atoms with Gasteiger partial charge in [-0.2, -0.15) is 13.2 Å². The van der Waals surface area contributed by atoms with Crippen molar-refractivity contribution >= 4 is 0 Å². The molecule has 2 rings (SSSR count). The third kappa shape index (κ3) is 1.95. The van der Waals surface area contributed by atoms with E-state index in [1.54, 1.807) is 18.1 Å². The van der Waals surface area contributed by atoms with Crippen LogP contribution in [0.4, 0.5) is 13.2 Å². The van der Waals surface area contributed by atoms with Gasteiger partial charge in [-0.1, -0.05) is 0 Å². The Morgan fingerprint density at radius 1 is 1.44 bits per heavy atom. The van der Waals surface area contributed by atoms with Gasteiger partial charge in [0.1, 0.15) is 11.9 Å². The van der Waals surface area contributed by atoms with Crippen LogP contribution in [-0.4, -0.2) is 28.1 Å². The molecule has 3 nitrogen and oxygen atoms in total. The minimum Gasteiger partial charge on any atom is -0.367 e. The van der Waals surface area contributed by atoms with Crippen LogP contribution in [0.25, 0.3) is 0 Å². The van der Waals surface area contributed by atoms with Gasteiger partial charge in [-0.3, -0.25) is 0 Å². The number of H-pyrrole nitrogens is 1. The second-order valence-corrected chi connectivity index (χ2v) is 3.52. The fourth-order valence-electron chi connectivity index (χ4n) is 1.53. The van der Waals surface area contributed by atoms with Crippen LogP contribution in [0, 0.1) is 0 Å². The summed E-state index contributed by atoms with van der Waals surface area (Å²) in [6.45, 7) is 0. The second kappa shape index (κ2) is 3.70. The summed E-state index contributed by atoms with van der Waals surface area (Å²) >= 11 is 0. The Morgan fingerprint density at radius 2 is 2.19 bits per heavy atom. The zero-order valence-corrected chi connectivity index (χ0v) is 8.49. The van der Waals surface area contributed by atoms with Gasteiger partial charge in [-0.05, 0) is 12.2 Å². The van der Waals surface area contributed by atoms with Crippen molar-refractivity contribution in [1.82, 2.24) is 14.9 Å². The van der Waals surface area contributed by atoms with E-state index in [2.05, 4.69) is 9.97 Å². The van der Waals surface area contributed by atoms with Gasteiger partial charge in [0.25, 0.3) is 0 Å². The van der Waals surface area contributed by atoms with E-state index in [0.717, 1.165) is 12.2 Å². The number of rotatable bonds is 1. The Bertz CT molecular complexity index is 417. The average Bonchev–Trinajstić information content (AvgIpc) is 2.69. The first-order chi connectivity index (χ1) is 7.48. The van der Waals surface area contributed by atoms with Gasteiger partial charge in [0.05, 0.1) is 5.57 Å². The molecule has 0 saturated heterocycles. The molecule has 1 N–H and O–H groups in total. The fourth-order valence-corrected chi connectivity index (χ4v) is 1.53. The molecule has 1 unspecified atom stereocenters. The topological polar surface area (TPSA) is 31.9 Å². The van der Waals surface area contributed by atoms with E-state index in [1.807, 2.05) is 0 Å². The lowest BCUT2D eigenvalue weighted by atomic mass is 10.1. The first kappa shape index (κ1) is 10.8. The van der Waals surface area contributed by atoms with Crippen molar-refractivity contribution in [2.24, 2.45) is 0 Å². The number of aromatic nitrogens is 2. The zero-order chi connectivity index (χ0) is 11.8. The van der Waals surface area contributed by atoms with Gasteiger partial charge < -0.3 is 9.88 Å². The van der Waals surface area contributed by atoms with Gasteiger partial charge in [-0.25, -0.2) is 4.98 Å². The van der Waals surface area contributed by atoms with Gasteiger partial charge in [0, 0.05) is 25.6 Å². The monoisotopic (exact) mass is 229 g/mol. The number of allylic oxidation sites excluding steroid dienone is 2. The van der Waals surface area contributed by atoms with Crippen molar-refractivity contribution in [2.45, 2.75) is 12.2 Å². The largest absolute Gasteiger partial charge is 0.416 e. The molecule has 1 atom stereocenters. The van der Waals surface area contributed by atoms with Crippen molar-refractivity contribution < 1.29 is 13.2 Å². The van der Waals surface area contributed by atoms with Crippen molar-refractivity contribution in [3.8, 4) is 0 Å². The molecule has 0 bridgehead atoms. The number of halogens is 3. The molecule has 0 spiro atoms. The molecule has 0 aromatic carbocycles. The lowest BCUT2D eigenvalue weighted by molar-refractivity contribution is -0.0892. The van der Waals surface area contributed by atoms with Crippen LogP contribution in [0.5, 0.6) is 0 Å². The SMILES string of the molecule is CN1C=CC(C(F)(F)F)=CC1c1ncc[nH]1. The van der Waals surface area contributed by atoms with Crippen LogP contribution < -0.4 is 0 Å². The summed E-state index contributed by atoms with van der Waals surface area (Å²) in [5.41, 5.74) is -0.646. The van der Waals surface area contributed by atoms with Crippen molar-refractivity contribution in [2.75, 3.05) is 7.05 Å². The standard InChI is InChI=1S/C10H10F3N3/c1-16-5-2-7(10(11,12)13)6-8(16)9-14-3-4-15-9/h2-6,8H,1H3,(H,14,15). The molecule has 6 heteroatoms. The quantitative estimate of drug-likeness (QED) is 0.801. The predicted molar refractivity (Wildman–Crippen MR) is 52.4 cm³/mol. The molecule has 0 aliphatic carbocycles. The van der Waals surface area contributed by atoms with E-state index in [-0.39, 0.29) is 0 Å². The lowest BCUT2D eigenvalue weighted by Crippen LogP contribution is -2.24. The summed E-state index contributed by atoms with van der Waals surface area (Å²) in [5, 5.41) is 0. The summed E-state index contributed by atoms with van der Waals surface area (Å²) in [4.78, 5) is 8.44. The van der Waals surface area contributed by atoms with Crippen molar-refractivity contribution in [3.63, 3.8) is 0 Å². The Morgan fingerprint density at radius 3 is 2.75 bits per heavy atom. The number of nitrogens with zero attached hydrogens (tertiary/aromatic N) is 2. The molecule has 16 heavy (non-hydrogen) atoms. The van der Waals surface area contributed by atoms with E-state index >= 15 is 0 Å². The highest BCUT2D eigenvalue weighted by atomic mass is 19.4. The lowest BCUT2D eigenvalue weighted by Gasteiger charge is -2.27. The molecule has 0 fully saturated rings. The fraction of sp³-hybridized carbons (Fsp3) is 0.300. The number of aromatic amines is 1. The molecule has 0 saturated carbocycles. The summed E-state index contributed by atoms with van der Waals surface area (Å²) in [5.74, 6) is 0.494. The van der Waals surface area contributed by atoms with Crippen LogP contribution in [0.1, 0.15) is 11.9 Å². The van der Waals surface area contributed by atoms with E-state index in [0.29, 0.717) is 5.82 Å². The maximum absolute atomic E-state index is 12.5.